The average molecular weight is 415 g/mol. The number of hydrogen-bond donors (Lipinski definition) is 0. The first kappa shape index (κ1) is 22.0. The maximum atomic E-state index is 15.2. The Labute approximate surface area is 182 Å². The van der Waals surface area contributed by atoms with Crippen LogP contribution in [0.5, 0.6) is 0 Å². The fourth-order valence-corrected chi connectivity index (χ4v) is 6.78. The molecule has 5 atom stereocenters. The predicted octanol–water partition coefficient (Wildman–Crippen LogP) is 8.68. The topological polar surface area (TPSA) is 0 Å². The Morgan fingerprint density at radius 1 is 0.933 bits per heavy atom. The molecule has 3 aliphatic rings. The van der Waals surface area contributed by atoms with E-state index in [1.807, 2.05) is 6.07 Å². The van der Waals surface area contributed by atoms with Crippen LogP contribution in [0.3, 0.4) is 0 Å². The molecular formula is C28H40F2. The minimum absolute atomic E-state index is 0.0536. The molecule has 5 unspecified atom stereocenters. The first-order valence-electron chi connectivity index (χ1n) is 12.8. The lowest BCUT2D eigenvalue weighted by atomic mass is 9.63. The molecule has 0 aliphatic heterocycles. The number of halogens is 2. The molecule has 4 rings (SSSR count). The van der Waals surface area contributed by atoms with E-state index in [4.69, 9.17) is 0 Å². The van der Waals surface area contributed by atoms with Gasteiger partial charge in [0, 0.05) is 0 Å². The SMILES string of the molecule is CCCCCCC1CCc2cc(C3CCC4CC(/C=C/F)CCC4C3)c(F)cc2C1. The maximum Gasteiger partial charge on any atom is 0.126 e. The summed E-state index contributed by atoms with van der Waals surface area (Å²) in [5.41, 5.74) is 3.71. The smallest absolute Gasteiger partial charge is 0.126 e. The van der Waals surface area contributed by atoms with Crippen LogP contribution in [0.1, 0.15) is 107 Å². The molecule has 0 amide bonds. The molecule has 2 heteroatoms. The standard InChI is InChI=1S/C28H40F2/c1-2-3-4-5-6-20-7-10-24-18-27(28(30)19-26(24)16-20)25-12-11-22-15-21(13-14-29)8-9-23(22)17-25/h13-14,18-23,25H,2-12,15-17H2,1H3/b14-13+. The Hall–Kier alpha value is -1.18. The summed E-state index contributed by atoms with van der Waals surface area (Å²) in [7, 11) is 0. The van der Waals surface area contributed by atoms with Gasteiger partial charge in [0.1, 0.15) is 5.82 Å². The van der Waals surface area contributed by atoms with Crippen LogP contribution in [0.25, 0.3) is 0 Å². The normalized spacial score (nSPS) is 31.5. The van der Waals surface area contributed by atoms with Gasteiger partial charge in [0.05, 0.1) is 6.33 Å². The third-order valence-corrected chi connectivity index (χ3v) is 8.55. The van der Waals surface area contributed by atoms with Crippen LogP contribution < -0.4 is 0 Å². The number of aryl methyl sites for hydroxylation is 1. The fourth-order valence-electron chi connectivity index (χ4n) is 6.78. The van der Waals surface area contributed by atoms with E-state index in [-0.39, 0.29) is 5.82 Å². The molecule has 30 heavy (non-hydrogen) atoms. The number of hydrogen-bond acceptors (Lipinski definition) is 0. The van der Waals surface area contributed by atoms with Gasteiger partial charge >= 0.3 is 0 Å². The Bertz CT molecular complexity index is 722. The summed E-state index contributed by atoms with van der Waals surface area (Å²) in [6, 6.07) is 4.15. The molecular weight excluding hydrogens is 374 g/mol. The second-order valence-electron chi connectivity index (χ2n) is 10.5. The molecule has 0 aromatic heterocycles. The lowest BCUT2D eigenvalue weighted by Crippen LogP contribution is -2.30. The molecule has 3 aliphatic carbocycles. The van der Waals surface area contributed by atoms with Gasteiger partial charge in [0.2, 0.25) is 0 Å². The van der Waals surface area contributed by atoms with Gasteiger partial charge in [-0.05, 0) is 110 Å². The van der Waals surface area contributed by atoms with Gasteiger partial charge in [-0.25, -0.2) is 8.78 Å². The number of benzene rings is 1. The van der Waals surface area contributed by atoms with Crippen LogP contribution in [-0.2, 0) is 12.8 Å². The minimum Gasteiger partial charge on any atom is -0.216 e. The zero-order valence-corrected chi connectivity index (χ0v) is 18.9. The number of unbranched alkanes of at least 4 members (excludes halogenated alkanes) is 3. The Kier molecular flexibility index (Phi) is 7.65. The van der Waals surface area contributed by atoms with Gasteiger partial charge in [-0.15, -0.1) is 0 Å². The summed E-state index contributed by atoms with van der Waals surface area (Å²) >= 11 is 0. The third-order valence-electron chi connectivity index (χ3n) is 8.55. The van der Waals surface area contributed by atoms with Crippen molar-refractivity contribution in [2.24, 2.45) is 23.7 Å². The molecule has 1 aromatic carbocycles. The molecule has 2 fully saturated rings. The molecule has 0 bridgehead atoms. The average Bonchev–Trinajstić information content (AvgIpc) is 2.76. The molecule has 0 spiro atoms. The molecule has 1 aromatic rings. The van der Waals surface area contributed by atoms with E-state index in [0.29, 0.717) is 23.7 Å². The molecule has 0 nitrogen and oxygen atoms in total. The summed E-state index contributed by atoms with van der Waals surface area (Å²) < 4.78 is 27.7. The third kappa shape index (κ3) is 5.17. The summed E-state index contributed by atoms with van der Waals surface area (Å²) in [4.78, 5) is 0. The van der Waals surface area contributed by atoms with Crippen molar-refractivity contribution in [1.29, 1.82) is 0 Å². The van der Waals surface area contributed by atoms with Crippen LogP contribution >= 0.6 is 0 Å². The zero-order valence-electron chi connectivity index (χ0n) is 18.9. The highest BCUT2D eigenvalue weighted by molar-refractivity contribution is 5.37. The van der Waals surface area contributed by atoms with E-state index in [1.54, 1.807) is 6.08 Å². The van der Waals surface area contributed by atoms with Gasteiger partial charge in [-0.2, -0.15) is 0 Å². The first-order chi connectivity index (χ1) is 14.7. The van der Waals surface area contributed by atoms with Crippen LogP contribution in [-0.4, -0.2) is 0 Å². The number of allylic oxidation sites excluding steroid dienone is 1. The number of fused-ring (bicyclic) bond motifs is 2. The largest absolute Gasteiger partial charge is 0.216 e. The Morgan fingerprint density at radius 2 is 1.77 bits per heavy atom. The molecule has 0 N–H and O–H groups in total. The Morgan fingerprint density at radius 3 is 2.60 bits per heavy atom. The van der Waals surface area contributed by atoms with E-state index in [9.17, 15) is 4.39 Å². The van der Waals surface area contributed by atoms with Gasteiger partial charge in [-0.1, -0.05) is 51.2 Å². The van der Waals surface area contributed by atoms with Crippen LogP contribution in [0, 0.1) is 29.5 Å². The molecule has 0 heterocycles. The van der Waals surface area contributed by atoms with E-state index < -0.39 is 0 Å². The van der Waals surface area contributed by atoms with Crippen molar-refractivity contribution in [2.45, 2.75) is 103 Å². The zero-order chi connectivity index (χ0) is 20.9. The quantitative estimate of drug-likeness (QED) is 0.391. The van der Waals surface area contributed by atoms with Crippen molar-refractivity contribution in [1.82, 2.24) is 0 Å². The van der Waals surface area contributed by atoms with Crippen LogP contribution in [0.2, 0.25) is 0 Å². The highest BCUT2D eigenvalue weighted by Crippen LogP contribution is 2.48. The number of rotatable bonds is 7. The van der Waals surface area contributed by atoms with E-state index in [0.717, 1.165) is 56.3 Å². The van der Waals surface area contributed by atoms with E-state index in [1.165, 1.54) is 62.5 Å². The lowest BCUT2D eigenvalue weighted by Gasteiger charge is -2.42. The van der Waals surface area contributed by atoms with Gasteiger partial charge in [0.25, 0.3) is 0 Å². The minimum atomic E-state index is 0.0536. The first-order valence-corrected chi connectivity index (χ1v) is 12.8. The molecule has 2 saturated carbocycles. The Balaban J connectivity index is 1.37. The second kappa shape index (κ2) is 10.4. The summed E-state index contributed by atoms with van der Waals surface area (Å²) in [5, 5.41) is 0. The van der Waals surface area contributed by atoms with Crippen molar-refractivity contribution in [3.8, 4) is 0 Å². The summed E-state index contributed by atoms with van der Waals surface area (Å²) in [6.45, 7) is 2.26. The highest BCUT2D eigenvalue weighted by Gasteiger charge is 2.36. The van der Waals surface area contributed by atoms with Crippen LogP contribution in [0.4, 0.5) is 8.78 Å². The summed E-state index contributed by atoms with van der Waals surface area (Å²) in [5.74, 6) is 3.03. The molecule has 0 saturated heterocycles. The van der Waals surface area contributed by atoms with Crippen molar-refractivity contribution in [3.63, 3.8) is 0 Å². The van der Waals surface area contributed by atoms with Gasteiger partial charge in [0.15, 0.2) is 0 Å². The lowest BCUT2D eigenvalue weighted by molar-refractivity contribution is 0.132. The van der Waals surface area contributed by atoms with Crippen LogP contribution in [0.15, 0.2) is 24.5 Å². The van der Waals surface area contributed by atoms with Gasteiger partial charge in [-0.3, -0.25) is 0 Å². The van der Waals surface area contributed by atoms with Crippen molar-refractivity contribution >= 4 is 0 Å². The highest BCUT2D eigenvalue weighted by atomic mass is 19.1. The predicted molar refractivity (Wildman–Crippen MR) is 122 cm³/mol. The monoisotopic (exact) mass is 414 g/mol. The van der Waals surface area contributed by atoms with E-state index in [2.05, 4.69) is 13.0 Å². The van der Waals surface area contributed by atoms with Gasteiger partial charge < -0.3 is 0 Å². The molecule has 166 valence electrons. The second-order valence-corrected chi connectivity index (χ2v) is 10.5. The van der Waals surface area contributed by atoms with Crippen molar-refractivity contribution < 1.29 is 8.78 Å². The van der Waals surface area contributed by atoms with Crippen molar-refractivity contribution in [3.05, 3.63) is 47.0 Å². The maximum absolute atomic E-state index is 15.2. The van der Waals surface area contributed by atoms with Crippen molar-refractivity contribution in [2.75, 3.05) is 0 Å². The summed E-state index contributed by atoms with van der Waals surface area (Å²) in [6.07, 6.45) is 19.4. The van der Waals surface area contributed by atoms with E-state index >= 15 is 4.39 Å². The fraction of sp³-hybridized carbons (Fsp3) is 0.714. The molecule has 0 radical (unpaired) electrons.